The van der Waals surface area contributed by atoms with E-state index in [0.717, 1.165) is 4.57 Å². The zero-order valence-corrected chi connectivity index (χ0v) is 17.0. The summed E-state index contributed by atoms with van der Waals surface area (Å²) in [5, 5.41) is 4.18. The van der Waals surface area contributed by atoms with Crippen molar-refractivity contribution >= 4 is 29.0 Å². The summed E-state index contributed by atoms with van der Waals surface area (Å²) < 4.78 is 20.4. The van der Waals surface area contributed by atoms with Gasteiger partial charge >= 0.3 is 0 Å². The standard InChI is InChI=1S/C21H17FN4O3S/c1-12-9-14(24-29-12)11-25(2)19(27)13-7-8-15-17(10-13)23-21(30)26(20(15)28)18-6-4-3-5-16(18)22/h3-10H,11H2,1-2H3,(H,23,30). The number of nitrogens with zero attached hydrogens (tertiary/aromatic N) is 3. The molecule has 4 aromatic rings. The van der Waals surface area contributed by atoms with Crippen LogP contribution in [-0.2, 0) is 6.54 Å². The minimum Gasteiger partial charge on any atom is -0.361 e. The molecule has 0 saturated heterocycles. The number of carbonyl (C=O) groups is 1. The monoisotopic (exact) mass is 424 g/mol. The molecule has 0 aliphatic heterocycles. The number of amides is 1. The topological polar surface area (TPSA) is 84.1 Å². The van der Waals surface area contributed by atoms with Crippen molar-refractivity contribution < 1.29 is 13.7 Å². The highest BCUT2D eigenvalue weighted by molar-refractivity contribution is 7.71. The summed E-state index contributed by atoms with van der Waals surface area (Å²) in [5.74, 6) is -0.152. The van der Waals surface area contributed by atoms with Crippen LogP contribution in [0.1, 0.15) is 21.8 Å². The summed E-state index contributed by atoms with van der Waals surface area (Å²) >= 11 is 5.28. The highest BCUT2D eigenvalue weighted by atomic mass is 32.1. The summed E-state index contributed by atoms with van der Waals surface area (Å²) in [6, 6.07) is 12.3. The average Bonchev–Trinajstić information content (AvgIpc) is 3.12. The molecule has 0 atom stereocenters. The number of hydrogen-bond donors (Lipinski definition) is 1. The van der Waals surface area contributed by atoms with Crippen molar-refractivity contribution in [2.45, 2.75) is 13.5 Å². The Labute approximate surface area is 175 Å². The molecule has 152 valence electrons. The summed E-state index contributed by atoms with van der Waals surface area (Å²) in [7, 11) is 1.65. The summed E-state index contributed by atoms with van der Waals surface area (Å²) in [5.41, 5.74) is 1.00. The van der Waals surface area contributed by atoms with Crippen molar-refractivity contribution in [3.63, 3.8) is 0 Å². The van der Waals surface area contributed by atoms with Gasteiger partial charge in [0.2, 0.25) is 0 Å². The number of benzene rings is 2. The number of aryl methyl sites for hydroxylation is 1. The molecule has 1 N–H and O–H groups in total. The van der Waals surface area contributed by atoms with Crippen molar-refractivity contribution in [1.82, 2.24) is 19.6 Å². The van der Waals surface area contributed by atoms with Gasteiger partial charge in [-0.15, -0.1) is 0 Å². The molecule has 2 heterocycles. The number of aromatic nitrogens is 3. The van der Waals surface area contributed by atoms with Crippen molar-refractivity contribution in [2.24, 2.45) is 0 Å². The predicted molar refractivity (Wildman–Crippen MR) is 112 cm³/mol. The van der Waals surface area contributed by atoms with Gasteiger partial charge in [0.05, 0.1) is 23.1 Å². The van der Waals surface area contributed by atoms with Crippen LogP contribution in [0.25, 0.3) is 16.6 Å². The number of carbonyl (C=O) groups excluding carboxylic acids is 1. The van der Waals surface area contributed by atoms with E-state index >= 15 is 0 Å². The van der Waals surface area contributed by atoms with Crippen LogP contribution in [0.15, 0.2) is 57.8 Å². The third-order valence-corrected chi connectivity index (χ3v) is 4.95. The quantitative estimate of drug-likeness (QED) is 0.505. The van der Waals surface area contributed by atoms with Crippen LogP contribution in [0.2, 0.25) is 0 Å². The van der Waals surface area contributed by atoms with Crippen LogP contribution in [0.4, 0.5) is 4.39 Å². The molecule has 0 aliphatic rings. The molecule has 1 amide bonds. The van der Waals surface area contributed by atoms with Gasteiger partial charge in [0.25, 0.3) is 11.5 Å². The Morgan fingerprint density at radius 1 is 1.27 bits per heavy atom. The highest BCUT2D eigenvalue weighted by Gasteiger charge is 2.16. The Kier molecular flexibility index (Phi) is 5.04. The van der Waals surface area contributed by atoms with Crippen molar-refractivity contribution in [1.29, 1.82) is 0 Å². The lowest BCUT2D eigenvalue weighted by molar-refractivity contribution is 0.0782. The zero-order valence-electron chi connectivity index (χ0n) is 16.2. The molecule has 2 aromatic heterocycles. The molecule has 0 aliphatic carbocycles. The normalized spacial score (nSPS) is 11.0. The van der Waals surface area contributed by atoms with Gasteiger partial charge < -0.3 is 14.4 Å². The van der Waals surface area contributed by atoms with E-state index in [0.29, 0.717) is 22.5 Å². The van der Waals surface area contributed by atoms with Gasteiger partial charge in [0.1, 0.15) is 17.3 Å². The number of aromatic amines is 1. The Morgan fingerprint density at radius 3 is 2.73 bits per heavy atom. The van der Waals surface area contributed by atoms with E-state index in [1.807, 2.05) is 0 Å². The lowest BCUT2D eigenvalue weighted by atomic mass is 10.1. The van der Waals surface area contributed by atoms with Crippen LogP contribution in [0.5, 0.6) is 0 Å². The molecule has 0 spiro atoms. The predicted octanol–water partition coefficient (Wildman–Crippen LogP) is 3.76. The molecular formula is C21H17FN4O3S. The molecule has 7 nitrogen and oxygen atoms in total. The highest BCUT2D eigenvalue weighted by Crippen LogP contribution is 2.17. The van der Waals surface area contributed by atoms with Crippen LogP contribution < -0.4 is 5.56 Å². The average molecular weight is 424 g/mol. The van der Waals surface area contributed by atoms with E-state index in [4.69, 9.17) is 16.7 Å². The lowest BCUT2D eigenvalue weighted by Crippen LogP contribution is -2.26. The Balaban J connectivity index is 1.72. The number of H-pyrrole nitrogens is 1. The van der Waals surface area contributed by atoms with E-state index in [-0.39, 0.29) is 28.3 Å². The summed E-state index contributed by atoms with van der Waals surface area (Å²) in [6.45, 7) is 2.05. The van der Waals surface area contributed by atoms with Gasteiger partial charge in [0, 0.05) is 18.7 Å². The minimum absolute atomic E-state index is 0.0358. The number of rotatable bonds is 4. The van der Waals surface area contributed by atoms with E-state index in [2.05, 4.69) is 10.1 Å². The van der Waals surface area contributed by atoms with E-state index in [9.17, 15) is 14.0 Å². The van der Waals surface area contributed by atoms with Gasteiger partial charge in [-0.2, -0.15) is 0 Å². The number of hydrogen-bond acceptors (Lipinski definition) is 5. The fraction of sp³-hybridized carbons (Fsp3) is 0.143. The summed E-state index contributed by atoms with van der Waals surface area (Å²) in [6.07, 6.45) is 0. The molecule has 0 unspecified atom stereocenters. The van der Waals surface area contributed by atoms with Crippen LogP contribution in [0, 0.1) is 17.5 Å². The second-order valence-electron chi connectivity index (χ2n) is 6.87. The SMILES string of the molecule is Cc1cc(CN(C)C(=O)c2ccc3c(=O)n(-c4ccccc4F)c(=S)[nH]c3c2)no1. The third kappa shape index (κ3) is 3.55. The molecule has 0 fully saturated rings. The second-order valence-corrected chi connectivity index (χ2v) is 7.26. The fourth-order valence-electron chi connectivity index (χ4n) is 3.23. The van der Waals surface area contributed by atoms with Crippen molar-refractivity contribution in [3.05, 3.63) is 86.5 Å². The number of para-hydroxylation sites is 1. The minimum atomic E-state index is -0.560. The van der Waals surface area contributed by atoms with Crippen molar-refractivity contribution in [3.8, 4) is 5.69 Å². The van der Waals surface area contributed by atoms with E-state index < -0.39 is 11.4 Å². The molecule has 30 heavy (non-hydrogen) atoms. The molecule has 4 rings (SSSR count). The zero-order chi connectivity index (χ0) is 21.4. The first-order valence-electron chi connectivity index (χ1n) is 9.07. The smallest absolute Gasteiger partial charge is 0.266 e. The third-order valence-electron chi connectivity index (χ3n) is 4.66. The first kappa shape index (κ1) is 19.7. The largest absolute Gasteiger partial charge is 0.361 e. The second kappa shape index (κ2) is 7.68. The maximum Gasteiger partial charge on any atom is 0.266 e. The maximum absolute atomic E-state index is 14.2. The van der Waals surface area contributed by atoms with Crippen LogP contribution in [0.3, 0.4) is 0 Å². The van der Waals surface area contributed by atoms with Crippen LogP contribution in [-0.4, -0.2) is 32.6 Å². The van der Waals surface area contributed by atoms with Gasteiger partial charge in [-0.05, 0) is 49.5 Å². The molecule has 0 bridgehead atoms. The van der Waals surface area contributed by atoms with Gasteiger partial charge in [-0.3, -0.25) is 9.59 Å². The van der Waals surface area contributed by atoms with Gasteiger partial charge in [0.15, 0.2) is 4.77 Å². The van der Waals surface area contributed by atoms with Gasteiger partial charge in [-0.25, -0.2) is 8.96 Å². The number of halogens is 1. The first-order chi connectivity index (χ1) is 14.3. The number of fused-ring (bicyclic) bond motifs is 1. The molecule has 9 heteroatoms. The van der Waals surface area contributed by atoms with E-state index in [1.165, 1.54) is 29.2 Å². The molecular weight excluding hydrogens is 407 g/mol. The van der Waals surface area contributed by atoms with Crippen molar-refractivity contribution in [2.75, 3.05) is 7.05 Å². The number of nitrogens with one attached hydrogen (secondary N) is 1. The fourth-order valence-corrected chi connectivity index (χ4v) is 3.52. The molecule has 0 radical (unpaired) electrons. The van der Waals surface area contributed by atoms with Gasteiger partial charge in [-0.1, -0.05) is 17.3 Å². The molecule has 2 aromatic carbocycles. The summed E-state index contributed by atoms with van der Waals surface area (Å²) in [4.78, 5) is 30.2. The Hall–Kier alpha value is -3.59. The maximum atomic E-state index is 14.2. The lowest BCUT2D eigenvalue weighted by Gasteiger charge is -2.16. The van der Waals surface area contributed by atoms with E-state index in [1.54, 1.807) is 38.2 Å². The Morgan fingerprint density at radius 2 is 2.03 bits per heavy atom. The van der Waals surface area contributed by atoms with Crippen LogP contribution >= 0.6 is 12.2 Å². The Bertz CT molecular complexity index is 1390. The first-order valence-corrected chi connectivity index (χ1v) is 9.47. The molecule has 0 saturated carbocycles.